The lowest BCUT2D eigenvalue weighted by Crippen LogP contribution is -2.26. The van der Waals surface area contributed by atoms with E-state index in [0.717, 1.165) is 12.1 Å². The van der Waals surface area contributed by atoms with Crippen LogP contribution in [0.4, 0.5) is 14.5 Å². The predicted octanol–water partition coefficient (Wildman–Crippen LogP) is 2.82. The molecule has 3 nitrogen and oxygen atoms in total. The number of nitrogen functional groups attached to an aromatic ring is 1. The molecule has 0 aliphatic carbocycles. The second kappa shape index (κ2) is 5.69. The summed E-state index contributed by atoms with van der Waals surface area (Å²) in [5.74, 6) is -1.59. The number of benzene rings is 2. The van der Waals surface area contributed by atoms with Gasteiger partial charge in [-0.3, -0.25) is 4.79 Å². The number of nitrogens with zero attached hydrogens (tertiary/aromatic N) is 1. The Morgan fingerprint density at radius 3 is 2.60 bits per heavy atom. The largest absolute Gasteiger partial charge is 0.399 e. The smallest absolute Gasteiger partial charge is 0.253 e. The van der Waals surface area contributed by atoms with E-state index in [1.54, 1.807) is 31.3 Å². The third-order valence-corrected chi connectivity index (χ3v) is 2.90. The van der Waals surface area contributed by atoms with Crippen LogP contribution in [0.2, 0.25) is 0 Å². The zero-order chi connectivity index (χ0) is 14.7. The van der Waals surface area contributed by atoms with Crippen molar-refractivity contribution >= 4 is 11.6 Å². The maximum atomic E-state index is 13.5. The molecule has 5 heteroatoms. The average molecular weight is 276 g/mol. The Morgan fingerprint density at radius 1 is 1.20 bits per heavy atom. The van der Waals surface area contributed by atoms with E-state index < -0.39 is 11.6 Å². The van der Waals surface area contributed by atoms with Gasteiger partial charge in [-0.2, -0.15) is 0 Å². The minimum absolute atomic E-state index is 0.0553. The van der Waals surface area contributed by atoms with Crippen LogP contribution in [-0.4, -0.2) is 17.9 Å². The van der Waals surface area contributed by atoms with Gasteiger partial charge < -0.3 is 10.6 Å². The molecule has 0 saturated heterocycles. The highest BCUT2D eigenvalue weighted by Gasteiger charge is 2.14. The maximum absolute atomic E-state index is 13.5. The summed E-state index contributed by atoms with van der Waals surface area (Å²) < 4.78 is 26.4. The normalized spacial score (nSPS) is 10.3. The van der Waals surface area contributed by atoms with E-state index in [4.69, 9.17) is 5.73 Å². The van der Waals surface area contributed by atoms with Crippen LogP contribution in [0.25, 0.3) is 0 Å². The molecule has 0 heterocycles. The van der Waals surface area contributed by atoms with Gasteiger partial charge in [0.25, 0.3) is 5.91 Å². The van der Waals surface area contributed by atoms with E-state index in [9.17, 15) is 13.6 Å². The van der Waals surface area contributed by atoms with E-state index in [2.05, 4.69) is 0 Å². The second-order valence-corrected chi connectivity index (χ2v) is 4.52. The zero-order valence-electron chi connectivity index (χ0n) is 10.9. The molecule has 0 atom stereocenters. The highest BCUT2D eigenvalue weighted by atomic mass is 19.1. The number of hydrogen-bond acceptors (Lipinski definition) is 2. The number of rotatable bonds is 3. The molecule has 2 aromatic rings. The highest BCUT2D eigenvalue weighted by Crippen LogP contribution is 2.14. The predicted molar refractivity (Wildman–Crippen MR) is 73.0 cm³/mol. The fourth-order valence-electron chi connectivity index (χ4n) is 1.87. The summed E-state index contributed by atoms with van der Waals surface area (Å²) in [5, 5.41) is 0. The molecule has 0 fully saturated rings. The minimum Gasteiger partial charge on any atom is -0.399 e. The van der Waals surface area contributed by atoms with Crippen molar-refractivity contribution in [1.29, 1.82) is 0 Å². The van der Waals surface area contributed by atoms with E-state index in [1.165, 1.54) is 11.0 Å². The summed E-state index contributed by atoms with van der Waals surface area (Å²) in [6.45, 7) is 0.0553. The van der Waals surface area contributed by atoms with Crippen molar-refractivity contribution in [3.8, 4) is 0 Å². The summed E-state index contributed by atoms with van der Waals surface area (Å²) in [4.78, 5) is 13.5. The lowest BCUT2D eigenvalue weighted by atomic mass is 10.1. The van der Waals surface area contributed by atoms with Crippen LogP contribution in [0.5, 0.6) is 0 Å². The third kappa shape index (κ3) is 3.12. The molecule has 2 rings (SSSR count). The van der Waals surface area contributed by atoms with Crippen LogP contribution < -0.4 is 5.73 Å². The van der Waals surface area contributed by atoms with Gasteiger partial charge in [-0.1, -0.05) is 12.1 Å². The minimum atomic E-state index is -0.669. The standard InChI is InChI=1S/C15H14F2N2O/c1-19(9-11-5-6-12(16)8-14(11)17)15(20)10-3-2-4-13(18)7-10/h2-8H,9,18H2,1H3. The third-order valence-electron chi connectivity index (χ3n) is 2.90. The summed E-state index contributed by atoms with van der Waals surface area (Å²) in [6.07, 6.45) is 0. The molecular formula is C15H14F2N2O. The van der Waals surface area contributed by atoms with Crippen LogP contribution in [0, 0.1) is 11.6 Å². The first-order valence-corrected chi connectivity index (χ1v) is 6.02. The molecule has 0 bridgehead atoms. The molecule has 2 N–H and O–H groups in total. The average Bonchev–Trinajstić information content (AvgIpc) is 2.41. The van der Waals surface area contributed by atoms with Crippen LogP contribution in [0.15, 0.2) is 42.5 Å². The molecular weight excluding hydrogens is 262 g/mol. The Labute approximate surface area is 115 Å². The number of nitrogens with two attached hydrogens (primary N) is 1. The van der Waals surface area contributed by atoms with Gasteiger partial charge in [-0.05, 0) is 24.3 Å². The first-order valence-electron chi connectivity index (χ1n) is 6.02. The number of carbonyl (C=O) groups excluding carboxylic acids is 1. The molecule has 20 heavy (non-hydrogen) atoms. The molecule has 0 aliphatic heterocycles. The topological polar surface area (TPSA) is 46.3 Å². The Bertz CT molecular complexity index is 644. The van der Waals surface area contributed by atoms with Crippen molar-refractivity contribution in [3.05, 3.63) is 65.2 Å². The van der Waals surface area contributed by atoms with Gasteiger partial charge in [-0.15, -0.1) is 0 Å². The molecule has 1 amide bonds. The Balaban J connectivity index is 2.15. The quantitative estimate of drug-likeness (QED) is 0.876. The first-order chi connectivity index (χ1) is 9.47. The molecule has 0 aromatic heterocycles. The molecule has 0 radical (unpaired) electrons. The highest BCUT2D eigenvalue weighted by molar-refractivity contribution is 5.94. The molecule has 104 valence electrons. The van der Waals surface area contributed by atoms with Crippen molar-refractivity contribution < 1.29 is 13.6 Å². The lowest BCUT2D eigenvalue weighted by Gasteiger charge is -2.18. The van der Waals surface area contributed by atoms with E-state index >= 15 is 0 Å². The molecule has 0 saturated carbocycles. The number of halogens is 2. The number of amides is 1. The molecule has 0 aliphatic rings. The summed E-state index contributed by atoms with van der Waals surface area (Å²) >= 11 is 0. The second-order valence-electron chi connectivity index (χ2n) is 4.52. The summed E-state index contributed by atoms with van der Waals surface area (Å²) in [6, 6.07) is 9.83. The van der Waals surface area contributed by atoms with Crippen molar-refractivity contribution in [2.45, 2.75) is 6.54 Å². The van der Waals surface area contributed by atoms with Crippen molar-refractivity contribution in [1.82, 2.24) is 4.90 Å². The number of carbonyl (C=O) groups is 1. The van der Waals surface area contributed by atoms with E-state index in [0.29, 0.717) is 11.3 Å². The summed E-state index contributed by atoms with van der Waals surface area (Å²) in [5.41, 5.74) is 6.78. The van der Waals surface area contributed by atoms with Crippen LogP contribution in [0.1, 0.15) is 15.9 Å². The Hall–Kier alpha value is -2.43. The fraction of sp³-hybridized carbons (Fsp3) is 0.133. The fourth-order valence-corrected chi connectivity index (χ4v) is 1.87. The van der Waals surface area contributed by atoms with E-state index in [1.807, 2.05) is 0 Å². The van der Waals surface area contributed by atoms with Gasteiger partial charge >= 0.3 is 0 Å². The Kier molecular flexibility index (Phi) is 3.98. The SMILES string of the molecule is CN(Cc1ccc(F)cc1F)C(=O)c1cccc(N)c1. The zero-order valence-corrected chi connectivity index (χ0v) is 10.9. The van der Waals surface area contributed by atoms with Gasteiger partial charge in [0.2, 0.25) is 0 Å². The van der Waals surface area contributed by atoms with Crippen LogP contribution in [-0.2, 0) is 6.54 Å². The van der Waals surface area contributed by atoms with Gasteiger partial charge in [0.05, 0.1) is 0 Å². The van der Waals surface area contributed by atoms with Gasteiger partial charge in [0.1, 0.15) is 11.6 Å². The molecule has 0 unspecified atom stereocenters. The molecule has 0 spiro atoms. The van der Waals surface area contributed by atoms with Gasteiger partial charge in [-0.25, -0.2) is 8.78 Å². The monoisotopic (exact) mass is 276 g/mol. The van der Waals surface area contributed by atoms with Crippen LogP contribution >= 0.6 is 0 Å². The van der Waals surface area contributed by atoms with Gasteiger partial charge in [0.15, 0.2) is 0 Å². The first kappa shape index (κ1) is 14.0. The van der Waals surface area contributed by atoms with Crippen molar-refractivity contribution in [2.75, 3.05) is 12.8 Å². The van der Waals surface area contributed by atoms with Crippen molar-refractivity contribution in [3.63, 3.8) is 0 Å². The Morgan fingerprint density at radius 2 is 1.95 bits per heavy atom. The van der Waals surface area contributed by atoms with Gasteiger partial charge in [0, 0.05) is 36.5 Å². The van der Waals surface area contributed by atoms with Crippen LogP contribution in [0.3, 0.4) is 0 Å². The number of anilines is 1. The number of hydrogen-bond donors (Lipinski definition) is 1. The van der Waals surface area contributed by atoms with Crippen molar-refractivity contribution in [2.24, 2.45) is 0 Å². The molecule has 2 aromatic carbocycles. The lowest BCUT2D eigenvalue weighted by molar-refractivity contribution is 0.0784. The maximum Gasteiger partial charge on any atom is 0.253 e. The van der Waals surface area contributed by atoms with E-state index in [-0.39, 0.29) is 18.0 Å². The summed E-state index contributed by atoms with van der Waals surface area (Å²) in [7, 11) is 1.55.